The van der Waals surface area contributed by atoms with Crippen molar-refractivity contribution in [1.29, 1.82) is 0 Å². The molecule has 0 aliphatic heterocycles. The van der Waals surface area contributed by atoms with Gasteiger partial charge in [0.05, 0.1) is 26.4 Å². The highest BCUT2D eigenvalue weighted by Crippen LogP contribution is 2.45. The Morgan fingerprint density at radius 2 is 0.447 bits per heavy atom. The number of carbonyl (C=O) groups is 4. The number of hydrogen-bond acceptors (Lipinski definition) is 15. The lowest BCUT2D eigenvalue weighted by atomic mass is 10.0. The summed E-state index contributed by atoms with van der Waals surface area (Å²) in [4.78, 5) is 73.1. The van der Waals surface area contributed by atoms with E-state index < -0.39 is 97.5 Å². The maximum absolute atomic E-state index is 13.1. The van der Waals surface area contributed by atoms with E-state index in [9.17, 15) is 43.2 Å². The molecule has 0 spiro atoms. The molecule has 0 aliphatic rings. The Morgan fingerprint density at radius 1 is 0.262 bits per heavy atom. The summed E-state index contributed by atoms with van der Waals surface area (Å²) in [6.45, 7) is 7.38. The molecular formula is C84H164O17P2. The zero-order valence-corrected chi connectivity index (χ0v) is 69.3. The van der Waals surface area contributed by atoms with Crippen molar-refractivity contribution in [3.05, 3.63) is 0 Å². The first-order valence-electron chi connectivity index (χ1n) is 43.6. The van der Waals surface area contributed by atoms with E-state index in [2.05, 4.69) is 34.6 Å². The third kappa shape index (κ3) is 78.0. The van der Waals surface area contributed by atoms with Crippen molar-refractivity contribution >= 4 is 39.5 Å². The van der Waals surface area contributed by atoms with E-state index in [0.29, 0.717) is 25.7 Å². The number of phosphoric acid groups is 2. The fraction of sp³-hybridized carbons (Fsp3) is 0.952. The van der Waals surface area contributed by atoms with Crippen LogP contribution in [0.1, 0.15) is 452 Å². The molecule has 0 saturated heterocycles. The molecule has 0 radical (unpaired) electrons. The molecule has 0 fully saturated rings. The highest BCUT2D eigenvalue weighted by atomic mass is 31.2. The summed E-state index contributed by atoms with van der Waals surface area (Å²) >= 11 is 0. The van der Waals surface area contributed by atoms with Crippen LogP contribution < -0.4 is 0 Å². The van der Waals surface area contributed by atoms with Crippen LogP contribution in [0.15, 0.2) is 0 Å². The van der Waals surface area contributed by atoms with Crippen LogP contribution >= 0.6 is 15.6 Å². The van der Waals surface area contributed by atoms with Crippen molar-refractivity contribution in [2.24, 2.45) is 5.92 Å². The van der Waals surface area contributed by atoms with E-state index in [0.717, 1.165) is 95.8 Å². The number of rotatable bonds is 84. The number of hydrogen-bond donors (Lipinski definition) is 3. The Morgan fingerprint density at radius 3 is 0.660 bits per heavy atom. The molecule has 0 aromatic carbocycles. The Hall–Kier alpha value is -1.94. The predicted molar refractivity (Wildman–Crippen MR) is 423 cm³/mol. The van der Waals surface area contributed by atoms with Crippen LogP contribution in [0.2, 0.25) is 0 Å². The summed E-state index contributed by atoms with van der Waals surface area (Å²) in [6.07, 6.45) is 69.3. The molecule has 612 valence electrons. The highest BCUT2D eigenvalue weighted by Gasteiger charge is 2.30. The maximum Gasteiger partial charge on any atom is 0.472 e. The topological polar surface area (TPSA) is 237 Å². The van der Waals surface area contributed by atoms with E-state index in [4.69, 9.17) is 37.0 Å². The number of unbranched alkanes of at least 4 members (excludes halogenated alkanes) is 56. The molecule has 0 aromatic rings. The molecule has 0 aromatic heterocycles. The summed E-state index contributed by atoms with van der Waals surface area (Å²) in [5, 5.41) is 10.7. The number of aliphatic hydroxyl groups is 1. The normalized spacial score (nSPS) is 13.8. The SMILES string of the molecule is CCCCCCCCCCCCCCCCCCCCCCC(=O)O[C@H](COC(=O)CCCCCCCCCCCCCCCCCCC(C)C)COP(=O)(O)OC[C@@H](O)COP(=O)(O)OC[C@@H](COC(=O)CCCCCCCCCCCCC)OC(=O)CCCCCCCCCCCCCCC. The zero-order chi connectivity index (χ0) is 75.5. The van der Waals surface area contributed by atoms with Crippen LogP contribution in [0.4, 0.5) is 0 Å². The molecule has 5 atom stereocenters. The molecule has 0 heterocycles. The largest absolute Gasteiger partial charge is 0.472 e. The second-order valence-electron chi connectivity index (χ2n) is 30.7. The van der Waals surface area contributed by atoms with E-state index >= 15 is 0 Å². The predicted octanol–water partition coefficient (Wildman–Crippen LogP) is 25.6. The van der Waals surface area contributed by atoms with Gasteiger partial charge in [-0.3, -0.25) is 37.3 Å². The van der Waals surface area contributed by atoms with Crippen LogP contribution in [0.3, 0.4) is 0 Å². The second kappa shape index (κ2) is 76.8. The van der Waals surface area contributed by atoms with Crippen molar-refractivity contribution in [2.45, 2.75) is 470 Å². The maximum atomic E-state index is 13.1. The van der Waals surface area contributed by atoms with Crippen LogP contribution in [0.25, 0.3) is 0 Å². The van der Waals surface area contributed by atoms with Gasteiger partial charge in [-0.05, 0) is 31.6 Å². The number of phosphoric ester groups is 2. The Balaban J connectivity index is 5.23. The first-order valence-corrected chi connectivity index (χ1v) is 46.6. The number of esters is 4. The fourth-order valence-electron chi connectivity index (χ4n) is 13.1. The first kappa shape index (κ1) is 101. The van der Waals surface area contributed by atoms with Gasteiger partial charge in [-0.15, -0.1) is 0 Å². The molecule has 3 N–H and O–H groups in total. The van der Waals surface area contributed by atoms with Crippen LogP contribution in [-0.2, 0) is 65.4 Å². The molecule has 17 nitrogen and oxygen atoms in total. The van der Waals surface area contributed by atoms with Crippen LogP contribution in [-0.4, -0.2) is 96.7 Å². The van der Waals surface area contributed by atoms with Gasteiger partial charge in [0.25, 0.3) is 0 Å². The third-order valence-corrected chi connectivity index (χ3v) is 21.7. The minimum atomic E-state index is -4.96. The van der Waals surface area contributed by atoms with E-state index in [1.165, 1.54) is 276 Å². The van der Waals surface area contributed by atoms with Crippen LogP contribution in [0, 0.1) is 5.92 Å². The monoisotopic (exact) mass is 1510 g/mol. The van der Waals surface area contributed by atoms with Gasteiger partial charge >= 0.3 is 39.5 Å². The second-order valence-corrected chi connectivity index (χ2v) is 33.6. The van der Waals surface area contributed by atoms with Gasteiger partial charge in [0, 0.05) is 25.7 Å². The zero-order valence-electron chi connectivity index (χ0n) is 67.5. The third-order valence-electron chi connectivity index (χ3n) is 19.8. The highest BCUT2D eigenvalue weighted by molar-refractivity contribution is 7.47. The Kier molecular flexibility index (Phi) is 75.4. The molecule has 19 heteroatoms. The molecule has 0 saturated carbocycles. The van der Waals surface area contributed by atoms with E-state index in [1.807, 2.05) is 0 Å². The number of carbonyl (C=O) groups excluding carboxylic acids is 4. The summed E-state index contributed by atoms with van der Waals surface area (Å²) in [5.74, 6) is -1.29. The molecule has 0 amide bonds. The molecule has 103 heavy (non-hydrogen) atoms. The molecular weight excluding hydrogens is 1340 g/mol. The standard InChI is InChI=1S/C84H164O17P2/c1-6-9-12-15-18-21-24-26-27-28-29-30-31-36-40-45-50-55-60-65-70-84(89)101-80(74-95-82(87)68-63-58-53-48-43-39-35-33-32-34-38-42-46-51-56-61-66-77(4)5)76-99-103(92,93)97-72-78(85)71-96-102(90,91)98-75-79(73-94-81(86)67-62-57-52-47-41-23-20-17-14-11-8-3)100-83(88)69-64-59-54-49-44-37-25-22-19-16-13-10-7-2/h77-80,85H,6-76H2,1-5H3,(H,90,91)(H,92,93)/t78-,79+,80+/m0/s1. The Labute approximate surface area is 632 Å². The summed E-state index contributed by atoms with van der Waals surface area (Å²) < 4.78 is 68.8. The van der Waals surface area contributed by atoms with Crippen molar-refractivity contribution in [3.8, 4) is 0 Å². The molecule has 0 aliphatic carbocycles. The lowest BCUT2D eigenvalue weighted by Gasteiger charge is -2.21. The molecule has 2 unspecified atom stereocenters. The number of aliphatic hydroxyl groups excluding tert-OH is 1. The van der Waals surface area contributed by atoms with Crippen molar-refractivity contribution in [1.82, 2.24) is 0 Å². The van der Waals surface area contributed by atoms with Crippen molar-refractivity contribution in [3.63, 3.8) is 0 Å². The first-order chi connectivity index (χ1) is 50.0. The minimum Gasteiger partial charge on any atom is -0.462 e. The average molecular weight is 1510 g/mol. The van der Waals surface area contributed by atoms with Crippen molar-refractivity contribution < 1.29 is 80.2 Å². The average Bonchev–Trinajstić information content (AvgIpc) is 0.924. The molecule has 0 rings (SSSR count). The van der Waals surface area contributed by atoms with Gasteiger partial charge in [-0.2, -0.15) is 0 Å². The van der Waals surface area contributed by atoms with Gasteiger partial charge in [-0.25, -0.2) is 9.13 Å². The Bertz CT molecular complexity index is 1960. The van der Waals surface area contributed by atoms with E-state index in [-0.39, 0.29) is 25.7 Å². The lowest BCUT2D eigenvalue weighted by Crippen LogP contribution is -2.30. The smallest absolute Gasteiger partial charge is 0.462 e. The summed E-state index contributed by atoms with van der Waals surface area (Å²) in [6, 6.07) is 0. The molecule has 0 bridgehead atoms. The van der Waals surface area contributed by atoms with Gasteiger partial charge < -0.3 is 33.8 Å². The van der Waals surface area contributed by atoms with Crippen LogP contribution in [0.5, 0.6) is 0 Å². The van der Waals surface area contributed by atoms with Crippen molar-refractivity contribution in [2.75, 3.05) is 39.6 Å². The lowest BCUT2D eigenvalue weighted by molar-refractivity contribution is -0.161. The number of ether oxygens (including phenoxy) is 4. The van der Waals surface area contributed by atoms with Gasteiger partial charge in [0.1, 0.15) is 19.3 Å². The minimum absolute atomic E-state index is 0.108. The summed E-state index contributed by atoms with van der Waals surface area (Å²) in [5.41, 5.74) is 0. The van der Waals surface area contributed by atoms with Gasteiger partial charge in [0.15, 0.2) is 12.2 Å². The quantitative estimate of drug-likeness (QED) is 0.0222. The van der Waals surface area contributed by atoms with Gasteiger partial charge in [0.2, 0.25) is 0 Å². The summed E-state index contributed by atoms with van der Waals surface area (Å²) in [7, 11) is -9.92. The fourth-order valence-corrected chi connectivity index (χ4v) is 14.7. The van der Waals surface area contributed by atoms with Gasteiger partial charge in [-0.1, -0.05) is 401 Å². The van der Waals surface area contributed by atoms with E-state index in [1.54, 1.807) is 0 Å².